The summed E-state index contributed by atoms with van der Waals surface area (Å²) in [5, 5.41) is 2.91. The van der Waals surface area contributed by atoms with Gasteiger partial charge in [-0.05, 0) is 60.6 Å². The van der Waals surface area contributed by atoms with E-state index >= 15 is 0 Å². The molecule has 0 saturated heterocycles. The van der Waals surface area contributed by atoms with Crippen LogP contribution in [0.25, 0.3) is 11.3 Å². The molecule has 0 aliphatic heterocycles. The van der Waals surface area contributed by atoms with Gasteiger partial charge in [0.1, 0.15) is 10.7 Å². The van der Waals surface area contributed by atoms with Crippen LogP contribution >= 0.6 is 11.5 Å². The van der Waals surface area contributed by atoms with Gasteiger partial charge in [0.05, 0.1) is 5.69 Å². The molecule has 1 aromatic carbocycles. The van der Waals surface area contributed by atoms with E-state index in [1.165, 1.54) is 36.5 Å². The van der Waals surface area contributed by atoms with Crippen LogP contribution in [-0.4, -0.2) is 16.8 Å². The van der Waals surface area contributed by atoms with Crippen molar-refractivity contribution in [3.05, 3.63) is 41.0 Å². The highest BCUT2D eigenvalue weighted by Crippen LogP contribution is 2.28. The van der Waals surface area contributed by atoms with E-state index in [4.69, 9.17) is 0 Å². The average Bonchev–Trinajstić information content (AvgIpc) is 3.12. The van der Waals surface area contributed by atoms with Crippen molar-refractivity contribution in [3.63, 3.8) is 0 Å². The van der Waals surface area contributed by atoms with Crippen LogP contribution < -0.4 is 5.32 Å². The molecular formula is C14H13FN2OS. The first kappa shape index (κ1) is 12.3. The fourth-order valence-electron chi connectivity index (χ4n) is 1.79. The minimum absolute atomic E-state index is 0.0715. The third kappa shape index (κ3) is 2.98. The second-order valence-corrected chi connectivity index (χ2v) is 5.54. The molecule has 1 N–H and O–H groups in total. The van der Waals surface area contributed by atoms with E-state index in [1.54, 1.807) is 18.2 Å². The molecule has 3 rings (SSSR count). The zero-order chi connectivity index (χ0) is 13.2. The highest BCUT2D eigenvalue weighted by molar-refractivity contribution is 7.08. The third-order valence-corrected chi connectivity index (χ3v) is 3.91. The van der Waals surface area contributed by atoms with Crippen molar-refractivity contribution < 1.29 is 9.18 Å². The lowest BCUT2D eigenvalue weighted by Gasteiger charge is -1.99. The Morgan fingerprint density at radius 2 is 2.11 bits per heavy atom. The van der Waals surface area contributed by atoms with Crippen molar-refractivity contribution in [1.29, 1.82) is 0 Å². The number of halogens is 1. The van der Waals surface area contributed by atoms with Crippen LogP contribution in [-0.2, 0) is 0 Å². The molecule has 1 aliphatic carbocycles. The number of amides is 1. The molecule has 1 saturated carbocycles. The second-order valence-electron chi connectivity index (χ2n) is 4.74. The molecule has 1 aromatic heterocycles. The molecule has 0 unspecified atom stereocenters. The van der Waals surface area contributed by atoms with Gasteiger partial charge in [-0.25, -0.2) is 4.39 Å². The van der Waals surface area contributed by atoms with Gasteiger partial charge in [0, 0.05) is 12.1 Å². The van der Waals surface area contributed by atoms with E-state index in [1.807, 2.05) is 0 Å². The average molecular weight is 276 g/mol. The first-order chi connectivity index (χ1) is 9.22. The number of rotatable bonds is 4. The van der Waals surface area contributed by atoms with E-state index < -0.39 is 0 Å². The summed E-state index contributed by atoms with van der Waals surface area (Å²) in [6.45, 7) is 0.753. The molecule has 1 aliphatic rings. The van der Waals surface area contributed by atoms with Gasteiger partial charge in [-0.1, -0.05) is 0 Å². The zero-order valence-corrected chi connectivity index (χ0v) is 11.0. The Bertz CT molecular complexity index is 590. The molecule has 1 heterocycles. The van der Waals surface area contributed by atoms with Crippen LogP contribution in [0.3, 0.4) is 0 Å². The summed E-state index contributed by atoms with van der Waals surface area (Å²) < 4.78 is 17.1. The van der Waals surface area contributed by atoms with Crippen LogP contribution in [0.15, 0.2) is 30.3 Å². The fourth-order valence-corrected chi connectivity index (χ4v) is 2.46. The second kappa shape index (κ2) is 5.09. The normalized spacial score (nSPS) is 14.4. The minimum Gasteiger partial charge on any atom is -0.351 e. The summed E-state index contributed by atoms with van der Waals surface area (Å²) >= 11 is 1.17. The zero-order valence-electron chi connectivity index (χ0n) is 10.2. The van der Waals surface area contributed by atoms with Gasteiger partial charge in [0.15, 0.2) is 0 Å². The molecular weight excluding hydrogens is 263 g/mol. The van der Waals surface area contributed by atoms with Gasteiger partial charge in [-0.2, -0.15) is 4.37 Å². The fraction of sp³-hybridized carbons (Fsp3) is 0.286. The maximum atomic E-state index is 12.8. The number of hydrogen-bond acceptors (Lipinski definition) is 3. The van der Waals surface area contributed by atoms with E-state index in [-0.39, 0.29) is 11.7 Å². The van der Waals surface area contributed by atoms with Crippen molar-refractivity contribution in [3.8, 4) is 11.3 Å². The van der Waals surface area contributed by atoms with Crippen LogP contribution in [0.4, 0.5) is 4.39 Å². The summed E-state index contributed by atoms with van der Waals surface area (Å²) in [6, 6.07) is 7.86. The smallest absolute Gasteiger partial charge is 0.263 e. The van der Waals surface area contributed by atoms with Gasteiger partial charge >= 0.3 is 0 Å². The first-order valence-electron chi connectivity index (χ1n) is 6.23. The van der Waals surface area contributed by atoms with Crippen LogP contribution in [0.2, 0.25) is 0 Å². The summed E-state index contributed by atoms with van der Waals surface area (Å²) in [6.07, 6.45) is 2.42. The molecule has 0 spiro atoms. The highest BCUT2D eigenvalue weighted by atomic mass is 32.1. The molecule has 0 radical (unpaired) electrons. The monoisotopic (exact) mass is 276 g/mol. The van der Waals surface area contributed by atoms with Gasteiger partial charge in [-0.15, -0.1) is 0 Å². The van der Waals surface area contributed by atoms with E-state index in [0.717, 1.165) is 12.1 Å². The van der Waals surface area contributed by atoms with E-state index in [9.17, 15) is 9.18 Å². The highest BCUT2D eigenvalue weighted by Gasteiger charge is 2.22. The van der Waals surface area contributed by atoms with Gasteiger partial charge in [0.2, 0.25) is 0 Å². The van der Waals surface area contributed by atoms with Crippen molar-refractivity contribution in [2.24, 2.45) is 5.92 Å². The number of carbonyl (C=O) groups excluding carboxylic acids is 1. The molecule has 98 valence electrons. The molecule has 2 aromatic rings. The molecule has 0 bridgehead atoms. The maximum Gasteiger partial charge on any atom is 0.263 e. The Morgan fingerprint density at radius 3 is 2.79 bits per heavy atom. The van der Waals surface area contributed by atoms with Crippen molar-refractivity contribution in [2.45, 2.75) is 12.8 Å². The Hall–Kier alpha value is -1.75. The predicted molar refractivity (Wildman–Crippen MR) is 72.6 cm³/mol. The van der Waals surface area contributed by atoms with Crippen molar-refractivity contribution >= 4 is 17.4 Å². The summed E-state index contributed by atoms with van der Waals surface area (Å²) in [4.78, 5) is 12.5. The molecule has 1 amide bonds. The Balaban J connectivity index is 1.71. The largest absolute Gasteiger partial charge is 0.351 e. The Labute approximate surface area is 114 Å². The van der Waals surface area contributed by atoms with E-state index in [0.29, 0.717) is 16.5 Å². The lowest BCUT2D eigenvalue weighted by molar-refractivity contribution is 0.0956. The molecule has 3 nitrogen and oxygen atoms in total. The third-order valence-electron chi connectivity index (χ3n) is 3.12. The van der Waals surface area contributed by atoms with Crippen LogP contribution in [0, 0.1) is 11.7 Å². The van der Waals surface area contributed by atoms with Gasteiger partial charge < -0.3 is 5.32 Å². The Morgan fingerprint density at radius 1 is 1.37 bits per heavy atom. The SMILES string of the molecule is O=C(NCC1CC1)c1cc(-c2ccc(F)cc2)ns1. The number of hydrogen-bond donors (Lipinski definition) is 1. The standard InChI is InChI=1S/C14H13FN2OS/c15-11-5-3-10(4-6-11)12-7-13(19-17-12)14(18)16-8-9-1-2-9/h3-7,9H,1-2,8H2,(H,16,18). The lowest BCUT2D eigenvalue weighted by Crippen LogP contribution is -2.24. The summed E-state index contributed by atoms with van der Waals surface area (Å²) in [5.41, 5.74) is 1.53. The first-order valence-corrected chi connectivity index (χ1v) is 7.00. The summed E-state index contributed by atoms with van der Waals surface area (Å²) in [7, 11) is 0. The van der Waals surface area contributed by atoms with Gasteiger partial charge in [-0.3, -0.25) is 4.79 Å². The number of nitrogens with zero attached hydrogens (tertiary/aromatic N) is 1. The topological polar surface area (TPSA) is 42.0 Å². The van der Waals surface area contributed by atoms with Gasteiger partial charge in [0.25, 0.3) is 5.91 Å². The Kier molecular flexibility index (Phi) is 3.29. The van der Waals surface area contributed by atoms with Crippen molar-refractivity contribution in [1.82, 2.24) is 9.69 Å². The molecule has 19 heavy (non-hydrogen) atoms. The number of benzene rings is 1. The number of carbonyl (C=O) groups is 1. The van der Waals surface area contributed by atoms with Crippen LogP contribution in [0.1, 0.15) is 22.5 Å². The molecule has 5 heteroatoms. The lowest BCUT2D eigenvalue weighted by atomic mass is 10.1. The van der Waals surface area contributed by atoms with Crippen molar-refractivity contribution in [2.75, 3.05) is 6.54 Å². The maximum absolute atomic E-state index is 12.8. The minimum atomic E-state index is -0.277. The molecule has 1 fully saturated rings. The summed E-state index contributed by atoms with van der Waals surface area (Å²) in [5.74, 6) is 0.313. The number of aromatic nitrogens is 1. The van der Waals surface area contributed by atoms with Crippen LogP contribution in [0.5, 0.6) is 0 Å². The quantitative estimate of drug-likeness (QED) is 0.932. The number of nitrogens with one attached hydrogen (secondary N) is 1. The van der Waals surface area contributed by atoms with E-state index in [2.05, 4.69) is 9.69 Å². The predicted octanol–water partition coefficient (Wildman–Crippen LogP) is 3.09. The molecule has 0 atom stereocenters.